The van der Waals surface area contributed by atoms with E-state index in [1.165, 1.54) is 0 Å². The van der Waals surface area contributed by atoms with E-state index in [2.05, 4.69) is 16.6 Å². The van der Waals surface area contributed by atoms with Crippen molar-refractivity contribution >= 4 is 23.5 Å². The molecule has 0 aromatic heterocycles. The van der Waals surface area contributed by atoms with E-state index in [-0.39, 0.29) is 24.3 Å². The second-order valence-corrected chi connectivity index (χ2v) is 7.22. The summed E-state index contributed by atoms with van der Waals surface area (Å²) in [5.74, 6) is 5.16. The first-order valence-corrected chi connectivity index (χ1v) is 9.31. The Hall–Kier alpha value is -1.84. The van der Waals surface area contributed by atoms with Crippen molar-refractivity contribution in [1.82, 2.24) is 5.32 Å². The van der Waals surface area contributed by atoms with E-state index in [0.717, 1.165) is 30.8 Å². The molecule has 6 heteroatoms. The maximum atomic E-state index is 12.3. The number of carbonyl (C=O) groups excluding carboxylic acids is 1. The van der Waals surface area contributed by atoms with Gasteiger partial charge in [-0.25, -0.2) is 4.79 Å². The minimum atomic E-state index is -0.223. The largest absolute Gasteiger partial charge is 0.479 e. The average Bonchev–Trinajstić information content (AvgIpc) is 3.01. The van der Waals surface area contributed by atoms with Gasteiger partial charge in [0.15, 0.2) is 0 Å². The van der Waals surface area contributed by atoms with Gasteiger partial charge in [0.05, 0.1) is 11.3 Å². The molecule has 0 radical (unpaired) electrons. The van der Waals surface area contributed by atoms with Gasteiger partial charge in [0, 0.05) is 18.4 Å². The zero-order valence-electron chi connectivity index (χ0n) is 13.5. The molecule has 2 aliphatic heterocycles. The summed E-state index contributed by atoms with van der Waals surface area (Å²) in [4.78, 5) is 12.3. The van der Waals surface area contributed by atoms with Crippen LogP contribution in [0.4, 0.5) is 10.5 Å². The van der Waals surface area contributed by atoms with E-state index in [0.29, 0.717) is 18.0 Å². The summed E-state index contributed by atoms with van der Waals surface area (Å²) in [6.07, 6.45) is 8.01. The molecule has 5 nitrogen and oxygen atoms in total. The Morgan fingerprint density at radius 2 is 2.38 bits per heavy atom. The van der Waals surface area contributed by atoms with Crippen LogP contribution >= 0.6 is 11.8 Å². The van der Waals surface area contributed by atoms with Gasteiger partial charge in [-0.2, -0.15) is 11.8 Å². The van der Waals surface area contributed by atoms with Gasteiger partial charge in [-0.3, -0.25) is 0 Å². The highest BCUT2D eigenvalue weighted by Gasteiger charge is 2.40. The van der Waals surface area contributed by atoms with E-state index in [1.54, 1.807) is 12.1 Å². The number of ether oxygens (including phenoxy) is 2. The van der Waals surface area contributed by atoms with Crippen molar-refractivity contribution in [3.8, 4) is 18.1 Å². The molecule has 0 unspecified atom stereocenters. The fraction of sp³-hybridized carbons (Fsp3) is 0.500. The normalized spacial score (nSPS) is 25.9. The molecule has 2 fully saturated rings. The van der Waals surface area contributed by atoms with Crippen molar-refractivity contribution in [3.05, 3.63) is 24.3 Å². The first-order valence-electron chi connectivity index (χ1n) is 8.15. The summed E-state index contributed by atoms with van der Waals surface area (Å²) in [6.45, 7) is 0.869. The van der Waals surface area contributed by atoms with Gasteiger partial charge in [0.25, 0.3) is 0 Å². The summed E-state index contributed by atoms with van der Waals surface area (Å²) in [7, 11) is 0. The predicted molar refractivity (Wildman–Crippen MR) is 96.6 cm³/mol. The van der Waals surface area contributed by atoms with Gasteiger partial charge in [-0.15, -0.1) is 6.42 Å². The Balaban J connectivity index is 1.57. The lowest BCUT2D eigenvalue weighted by Gasteiger charge is -2.38. The second-order valence-electron chi connectivity index (χ2n) is 6.11. The molecular formula is C18H22N2O3S. The molecule has 2 saturated heterocycles. The van der Waals surface area contributed by atoms with E-state index in [1.807, 2.05) is 23.9 Å². The second kappa shape index (κ2) is 7.82. The zero-order valence-corrected chi connectivity index (χ0v) is 14.4. The van der Waals surface area contributed by atoms with Crippen LogP contribution in [-0.2, 0) is 4.74 Å². The maximum absolute atomic E-state index is 12.3. The van der Waals surface area contributed by atoms with Gasteiger partial charge in [-0.1, -0.05) is 18.1 Å². The maximum Gasteiger partial charge on any atom is 0.319 e. The lowest BCUT2D eigenvalue weighted by atomic mass is 9.90. The van der Waals surface area contributed by atoms with E-state index < -0.39 is 0 Å². The van der Waals surface area contributed by atoms with Crippen LogP contribution in [0.25, 0.3) is 0 Å². The number of rotatable bonds is 4. The monoisotopic (exact) mass is 346 g/mol. The number of urea groups is 1. The Morgan fingerprint density at radius 1 is 1.50 bits per heavy atom. The van der Waals surface area contributed by atoms with Crippen LogP contribution in [-0.4, -0.2) is 42.4 Å². The summed E-state index contributed by atoms with van der Waals surface area (Å²) in [5.41, 5.74) is 0.567. The Labute approximate surface area is 146 Å². The van der Waals surface area contributed by atoms with Crippen LogP contribution in [0.5, 0.6) is 5.75 Å². The molecular weight excluding hydrogens is 324 g/mol. The molecule has 2 amide bonds. The molecule has 2 aliphatic rings. The quantitative estimate of drug-likeness (QED) is 0.823. The fourth-order valence-corrected chi connectivity index (χ4v) is 4.55. The van der Waals surface area contributed by atoms with Crippen molar-refractivity contribution in [2.75, 3.05) is 30.0 Å². The minimum Gasteiger partial charge on any atom is -0.479 e. The standard InChI is InChI=1S/C18H22N2O3S/c1-2-9-22-16-6-4-3-5-15(16)20-17(21)19-14-7-10-23-18(12-14)8-11-24-13-18/h1,3-6,14H,7-13H2,(H2,19,20,21)/t14-,18+/m0/s1. The molecule has 3 rings (SSSR count). The highest BCUT2D eigenvalue weighted by atomic mass is 32.2. The van der Waals surface area contributed by atoms with Gasteiger partial charge < -0.3 is 20.1 Å². The van der Waals surface area contributed by atoms with Crippen LogP contribution in [0.3, 0.4) is 0 Å². The Morgan fingerprint density at radius 3 is 3.17 bits per heavy atom. The average molecular weight is 346 g/mol. The summed E-state index contributed by atoms with van der Waals surface area (Å²) < 4.78 is 11.4. The number of thioether (sulfide) groups is 1. The van der Waals surface area contributed by atoms with Crippen molar-refractivity contribution in [2.45, 2.75) is 30.9 Å². The SMILES string of the molecule is C#CCOc1ccccc1NC(=O)N[C@H]1CCO[C@]2(CCSC2)C1. The van der Waals surface area contributed by atoms with E-state index in [9.17, 15) is 4.79 Å². The van der Waals surface area contributed by atoms with Crippen LogP contribution in [0, 0.1) is 12.3 Å². The van der Waals surface area contributed by atoms with E-state index in [4.69, 9.17) is 15.9 Å². The highest BCUT2D eigenvalue weighted by molar-refractivity contribution is 7.99. The van der Waals surface area contributed by atoms with Crippen molar-refractivity contribution in [1.29, 1.82) is 0 Å². The van der Waals surface area contributed by atoms with E-state index >= 15 is 0 Å². The number of para-hydroxylation sites is 2. The van der Waals surface area contributed by atoms with Crippen molar-refractivity contribution < 1.29 is 14.3 Å². The first kappa shape index (κ1) is 17.0. The number of anilines is 1. The third kappa shape index (κ3) is 4.16. The molecule has 2 heterocycles. The predicted octanol–water partition coefficient (Wildman–Crippen LogP) is 2.87. The molecule has 128 valence electrons. The summed E-state index contributed by atoms with van der Waals surface area (Å²) in [6, 6.07) is 7.18. The lowest BCUT2D eigenvalue weighted by molar-refractivity contribution is -0.0682. The smallest absolute Gasteiger partial charge is 0.319 e. The molecule has 2 atom stereocenters. The Bertz CT molecular complexity index is 623. The Kier molecular flexibility index (Phi) is 5.54. The minimum absolute atomic E-state index is 0.0469. The molecule has 0 aliphatic carbocycles. The molecule has 2 N–H and O–H groups in total. The molecule has 24 heavy (non-hydrogen) atoms. The fourth-order valence-electron chi connectivity index (χ4n) is 3.17. The van der Waals surface area contributed by atoms with Crippen LogP contribution in [0.15, 0.2) is 24.3 Å². The van der Waals surface area contributed by atoms with Gasteiger partial charge >= 0.3 is 6.03 Å². The van der Waals surface area contributed by atoms with Gasteiger partial charge in [0.1, 0.15) is 12.4 Å². The van der Waals surface area contributed by atoms with Gasteiger partial charge in [0.2, 0.25) is 0 Å². The molecule has 0 bridgehead atoms. The molecule has 0 saturated carbocycles. The number of hydrogen-bond donors (Lipinski definition) is 2. The van der Waals surface area contributed by atoms with Crippen LogP contribution in [0.1, 0.15) is 19.3 Å². The molecule has 1 aromatic rings. The highest BCUT2D eigenvalue weighted by Crippen LogP contribution is 2.38. The number of amides is 2. The first-order chi connectivity index (χ1) is 11.7. The summed E-state index contributed by atoms with van der Waals surface area (Å²) in [5, 5.41) is 5.92. The number of hydrogen-bond acceptors (Lipinski definition) is 4. The summed E-state index contributed by atoms with van der Waals surface area (Å²) >= 11 is 1.93. The van der Waals surface area contributed by atoms with Crippen molar-refractivity contribution in [3.63, 3.8) is 0 Å². The lowest BCUT2D eigenvalue weighted by Crippen LogP contribution is -2.49. The molecule has 1 spiro atoms. The third-order valence-electron chi connectivity index (χ3n) is 4.34. The van der Waals surface area contributed by atoms with Crippen LogP contribution < -0.4 is 15.4 Å². The topological polar surface area (TPSA) is 59.6 Å². The third-order valence-corrected chi connectivity index (χ3v) is 5.56. The molecule has 1 aromatic carbocycles. The van der Waals surface area contributed by atoms with Gasteiger partial charge in [-0.05, 0) is 37.1 Å². The van der Waals surface area contributed by atoms with Crippen molar-refractivity contribution in [2.24, 2.45) is 0 Å². The number of terminal acetylenes is 1. The van der Waals surface area contributed by atoms with Crippen LogP contribution in [0.2, 0.25) is 0 Å². The number of benzene rings is 1. The number of carbonyl (C=O) groups is 1. The zero-order chi connectivity index (χ0) is 16.8. The number of nitrogens with one attached hydrogen (secondary N) is 2.